The molecule has 0 fully saturated rings. The SMILES string of the molecule is CCCc1nc2ccc(Br)cc2c(=O)n1N=Cc1cc(OCC)c(OCc2ccccc2C#N)c(Cl)c1Br. The van der Waals surface area contributed by atoms with Crippen LogP contribution in [-0.2, 0) is 13.0 Å². The lowest BCUT2D eigenvalue weighted by atomic mass is 10.1. The fraction of sp³-hybridized carbons (Fsp3) is 0.214. The van der Waals surface area contributed by atoms with Crippen molar-refractivity contribution in [3.8, 4) is 17.6 Å². The summed E-state index contributed by atoms with van der Waals surface area (Å²) in [6, 6.07) is 16.5. The molecule has 4 aromatic rings. The van der Waals surface area contributed by atoms with Gasteiger partial charge in [0.25, 0.3) is 5.56 Å². The summed E-state index contributed by atoms with van der Waals surface area (Å²) < 4.78 is 14.5. The number of nitriles is 1. The largest absolute Gasteiger partial charge is 0.490 e. The Kier molecular flexibility index (Phi) is 9.21. The second-order valence-corrected chi connectivity index (χ2v) is 10.3. The van der Waals surface area contributed by atoms with Gasteiger partial charge in [-0.3, -0.25) is 4.79 Å². The fourth-order valence-corrected chi connectivity index (χ4v) is 4.83. The molecule has 0 bridgehead atoms. The van der Waals surface area contributed by atoms with Crippen LogP contribution < -0.4 is 15.0 Å². The van der Waals surface area contributed by atoms with Crippen LogP contribution in [0.3, 0.4) is 0 Å². The molecule has 194 valence electrons. The molecule has 0 saturated carbocycles. The molecule has 4 rings (SSSR count). The molecule has 10 heteroatoms. The Hall–Kier alpha value is -3.19. The van der Waals surface area contributed by atoms with E-state index in [1.54, 1.807) is 30.5 Å². The van der Waals surface area contributed by atoms with E-state index in [1.807, 2.05) is 38.1 Å². The number of aromatic nitrogens is 2. The van der Waals surface area contributed by atoms with Gasteiger partial charge in [-0.15, -0.1) is 0 Å². The Morgan fingerprint density at radius 2 is 1.95 bits per heavy atom. The van der Waals surface area contributed by atoms with Crippen LogP contribution in [0.4, 0.5) is 0 Å². The third-order valence-electron chi connectivity index (χ3n) is 5.63. The van der Waals surface area contributed by atoms with E-state index >= 15 is 0 Å². The second-order valence-electron chi connectivity index (χ2n) is 8.21. The quantitative estimate of drug-likeness (QED) is 0.177. The molecular formula is C28H23Br2ClN4O3. The lowest BCUT2D eigenvalue weighted by Gasteiger charge is -2.16. The van der Waals surface area contributed by atoms with Crippen molar-refractivity contribution in [2.24, 2.45) is 5.10 Å². The first-order valence-corrected chi connectivity index (χ1v) is 13.8. The number of hydrogen-bond donors (Lipinski definition) is 0. The molecule has 38 heavy (non-hydrogen) atoms. The third kappa shape index (κ3) is 5.93. The van der Waals surface area contributed by atoms with Gasteiger partial charge in [-0.25, -0.2) is 4.98 Å². The number of nitrogens with zero attached hydrogens (tertiary/aromatic N) is 4. The predicted octanol–water partition coefficient (Wildman–Crippen LogP) is 7.26. The van der Waals surface area contributed by atoms with Gasteiger partial charge >= 0.3 is 0 Å². The zero-order valence-corrected chi connectivity index (χ0v) is 24.6. The normalized spacial score (nSPS) is 11.2. The summed E-state index contributed by atoms with van der Waals surface area (Å²) in [5, 5.41) is 14.6. The molecule has 1 aromatic heterocycles. The topological polar surface area (TPSA) is 89.5 Å². The molecule has 0 N–H and O–H groups in total. The molecule has 0 atom stereocenters. The minimum absolute atomic E-state index is 0.136. The Morgan fingerprint density at radius 3 is 2.68 bits per heavy atom. The number of benzene rings is 3. The first-order chi connectivity index (χ1) is 18.4. The van der Waals surface area contributed by atoms with Gasteiger partial charge in [-0.05, 0) is 59.6 Å². The van der Waals surface area contributed by atoms with Crippen LogP contribution in [0.2, 0.25) is 5.02 Å². The standard InChI is InChI=1S/C28H23Br2ClN4O3/c1-3-7-24-34-22-11-10-20(29)13-21(22)28(36)35(24)33-15-19-12-23(37-4-2)27(26(31)25(19)30)38-16-18-9-6-5-8-17(18)14-32/h5-6,8-13,15H,3-4,7,16H2,1-2H3. The van der Waals surface area contributed by atoms with Crippen molar-refractivity contribution in [1.29, 1.82) is 5.26 Å². The van der Waals surface area contributed by atoms with Gasteiger partial charge in [0.05, 0.1) is 35.4 Å². The van der Waals surface area contributed by atoms with E-state index < -0.39 is 0 Å². The number of ether oxygens (including phenoxy) is 2. The zero-order valence-electron chi connectivity index (χ0n) is 20.7. The van der Waals surface area contributed by atoms with Crippen LogP contribution in [0, 0.1) is 11.3 Å². The lowest BCUT2D eigenvalue weighted by molar-refractivity contribution is 0.269. The van der Waals surface area contributed by atoms with E-state index in [0.29, 0.717) is 56.9 Å². The zero-order chi connectivity index (χ0) is 27.2. The number of hydrogen-bond acceptors (Lipinski definition) is 6. The average molecular weight is 659 g/mol. The van der Waals surface area contributed by atoms with E-state index in [2.05, 4.69) is 48.0 Å². The fourth-order valence-electron chi connectivity index (χ4n) is 3.82. The van der Waals surface area contributed by atoms with Crippen LogP contribution in [0.15, 0.2) is 67.4 Å². The van der Waals surface area contributed by atoms with Crippen molar-refractivity contribution < 1.29 is 9.47 Å². The smallest absolute Gasteiger partial charge is 0.282 e. The Bertz CT molecular complexity index is 1630. The van der Waals surface area contributed by atoms with Crippen LogP contribution in [0.25, 0.3) is 10.9 Å². The first kappa shape index (κ1) is 27.8. The van der Waals surface area contributed by atoms with Gasteiger partial charge in [-0.1, -0.05) is 52.7 Å². The molecule has 0 aliphatic rings. The second kappa shape index (κ2) is 12.6. The molecule has 0 unspecified atom stereocenters. The van der Waals surface area contributed by atoms with Gasteiger partial charge < -0.3 is 9.47 Å². The van der Waals surface area contributed by atoms with Crippen LogP contribution in [0.1, 0.15) is 42.8 Å². The highest BCUT2D eigenvalue weighted by Gasteiger charge is 2.19. The van der Waals surface area contributed by atoms with Gasteiger partial charge in [-0.2, -0.15) is 15.0 Å². The molecule has 0 saturated heterocycles. The van der Waals surface area contributed by atoms with Crippen LogP contribution in [-0.4, -0.2) is 22.5 Å². The Balaban J connectivity index is 1.75. The van der Waals surface area contributed by atoms with Gasteiger partial charge in [0.2, 0.25) is 0 Å². The van der Waals surface area contributed by atoms with E-state index in [1.165, 1.54) is 4.68 Å². The summed E-state index contributed by atoms with van der Waals surface area (Å²) in [6.07, 6.45) is 2.93. The number of aryl methyl sites for hydroxylation is 1. The summed E-state index contributed by atoms with van der Waals surface area (Å²) in [6.45, 7) is 4.39. The van der Waals surface area contributed by atoms with Crippen molar-refractivity contribution in [2.45, 2.75) is 33.3 Å². The summed E-state index contributed by atoms with van der Waals surface area (Å²) in [4.78, 5) is 18.0. The van der Waals surface area contributed by atoms with E-state index in [4.69, 9.17) is 21.1 Å². The molecule has 0 aliphatic heterocycles. The van der Waals surface area contributed by atoms with Crippen molar-refractivity contribution in [2.75, 3.05) is 6.61 Å². The molecule has 0 radical (unpaired) electrons. The number of rotatable bonds is 9. The van der Waals surface area contributed by atoms with E-state index in [-0.39, 0.29) is 17.2 Å². The van der Waals surface area contributed by atoms with Crippen LogP contribution in [0.5, 0.6) is 11.5 Å². The van der Waals surface area contributed by atoms with Gasteiger partial charge in [0.1, 0.15) is 17.5 Å². The predicted molar refractivity (Wildman–Crippen MR) is 156 cm³/mol. The first-order valence-electron chi connectivity index (χ1n) is 11.9. The summed E-state index contributed by atoms with van der Waals surface area (Å²) in [5.74, 6) is 1.32. The Morgan fingerprint density at radius 1 is 1.16 bits per heavy atom. The highest BCUT2D eigenvalue weighted by molar-refractivity contribution is 9.10. The van der Waals surface area contributed by atoms with E-state index in [0.717, 1.165) is 16.5 Å². The third-order valence-corrected chi connectivity index (χ3v) is 7.56. The molecule has 1 heterocycles. The maximum atomic E-state index is 13.3. The minimum Gasteiger partial charge on any atom is -0.490 e. The number of fused-ring (bicyclic) bond motifs is 1. The molecular weight excluding hydrogens is 636 g/mol. The summed E-state index contributed by atoms with van der Waals surface area (Å²) >= 11 is 13.7. The van der Waals surface area contributed by atoms with Crippen LogP contribution >= 0.6 is 43.5 Å². The van der Waals surface area contributed by atoms with Gasteiger partial charge in [0.15, 0.2) is 11.5 Å². The molecule has 0 amide bonds. The summed E-state index contributed by atoms with van der Waals surface area (Å²) in [7, 11) is 0. The lowest BCUT2D eigenvalue weighted by Crippen LogP contribution is -2.22. The van der Waals surface area contributed by atoms with Crippen molar-refractivity contribution in [3.05, 3.63) is 95.4 Å². The van der Waals surface area contributed by atoms with Crippen molar-refractivity contribution in [1.82, 2.24) is 9.66 Å². The average Bonchev–Trinajstić information content (AvgIpc) is 2.91. The highest BCUT2D eigenvalue weighted by atomic mass is 79.9. The summed E-state index contributed by atoms with van der Waals surface area (Å²) in [5.41, 5.74) is 2.20. The monoisotopic (exact) mass is 656 g/mol. The maximum Gasteiger partial charge on any atom is 0.282 e. The van der Waals surface area contributed by atoms with Gasteiger partial charge in [0, 0.05) is 26.5 Å². The van der Waals surface area contributed by atoms with Crippen molar-refractivity contribution >= 4 is 60.6 Å². The molecule has 0 spiro atoms. The molecule has 3 aromatic carbocycles. The molecule has 0 aliphatic carbocycles. The highest BCUT2D eigenvalue weighted by Crippen LogP contribution is 2.42. The van der Waals surface area contributed by atoms with Crippen molar-refractivity contribution in [3.63, 3.8) is 0 Å². The number of halogens is 3. The molecule has 7 nitrogen and oxygen atoms in total. The maximum absolute atomic E-state index is 13.3. The van der Waals surface area contributed by atoms with E-state index in [9.17, 15) is 10.1 Å². The Labute approximate surface area is 241 Å². The minimum atomic E-state index is -0.264.